The van der Waals surface area contributed by atoms with E-state index < -0.39 is 11.9 Å². The van der Waals surface area contributed by atoms with Gasteiger partial charge in [-0.05, 0) is 38.5 Å². The van der Waals surface area contributed by atoms with E-state index in [1.165, 1.54) is 0 Å². The van der Waals surface area contributed by atoms with E-state index in [9.17, 15) is 9.59 Å². The summed E-state index contributed by atoms with van der Waals surface area (Å²) in [6.07, 6.45) is 3.09. The molecule has 116 valence electrons. The number of carbonyl (C=O) groups is 2. The van der Waals surface area contributed by atoms with Crippen LogP contribution in [0.5, 0.6) is 0 Å². The fraction of sp³-hybridized carbons (Fsp3) is 0.867. The minimum absolute atomic E-state index is 0.119. The number of nitrogens with one attached hydrogen (secondary N) is 2. The topological polar surface area (TPSA) is 78.4 Å². The van der Waals surface area contributed by atoms with Crippen molar-refractivity contribution in [3.8, 4) is 0 Å². The second-order valence-electron chi connectivity index (χ2n) is 7.70. The molecule has 20 heavy (non-hydrogen) atoms. The highest BCUT2D eigenvalue weighted by Gasteiger charge is 2.35. The van der Waals surface area contributed by atoms with Gasteiger partial charge in [0.2, 0.25) is 0 Å². The van der Waals surface area contributed by atoms with Gasteiger partial charge in [0.05, 0.1) is 5.92 Å². The number of carbonyl (C=O) groups excluding carboxylic acids is 1. The van der Waals surface area contributed by atoms with E-state index in [2.05, 4.69) is 31.4 Å². The van der Waals surface area contributed by atoms with E-state index in [1.807, 2.05) is 13.8 Å². The van der Waals surface area contributed by atoms with Crippen LogP contribution in [0.2, 0.25) is 0 Å². The Morgan fingerprint density at radius 2 is 1.75 bits per heavy atom. The predicted octanol–water partition coefficient (Wildman–Crippen LogP) is 2.75. The van der Waals surface area contributed by atoms with Gasteiger partial charge in [0.25, 0.3) is 0 Å². The van der Waals surface area contributed by atoms with Crippen molar-refractivity contribution in [3.05, 3.63) is 0 Å². The Morgan fingerprint density at radius 3 is 2.25 bits per heavy atom. The van der Waals surface area contributed by atoms with Crippen molar-refractivity contribution in [2.75, 3.05) is 0 Å². The standard InChI is InChI=1S/C15H28N2O3/c1-14(2,3)9-15(4,5)17-13(20)16-11-8-6-7-10(11)12(18)19/h10-11H,6-9H2,1-5H3,(H,18,19)(H2,16,17,20). The molecular weight excluding hydrogens is 256 g/mol. The Hall–Kier alpha value is -1.26. The maximum Gasteiger partial charge on any atom is 0.315 e. The Balaban J connectivity index is 2.53. The lowest BCUT2D eigenvalue weighted by atomic mass is 9.82. The SMILES string of the molecule is CC(C)(C)CC(C)(C)NC(=O)NC1CCCC1C(=O)O. The summed E-state index contributed by atoms with van der Waals surface area (Å²) >= 11 is 0. The van der Waals surface area contributed by atoms with Crippen LogP contribution in [-0.4, -0.2) is 28.7 Å². The number of aliphatic carboxylic acids is 1. The van der Waals surface area contributed by atoms with Gasteiger partial charge >= 0.3 is 12.0 Å². The molecule has 1 aliphatic rings. The van der Waals surface area contributed by atoms with Crippen LogP contribution >= 0.6 is 0 Å². The minimum atomic E-state index is -0.818. The number of carboxylic acids is 1. The second kappa shape index (κ2) is 6.02. The average Bonchev–Trinajstić information content (AvgIpc) is 2.59. The highest BCUT2D eigenvalue weighted by atomic mass is 16.4. The fourth-order valence-electron chi connectivity index (χ4n) is 3.31. The lowest BCUT2D eigenvalue weighted by molar-refractivity contribution is -0.142. The number of amides is 2. The zero-order valence-electron chi connectivity index (χ0n) is 13.2. The summed E-state index contributed by atoms with van der Waals surface area (Å²) in [6.45, 7) is 10.4. The first-order chi connectivity index (χ1) is 9.00. The van der Waals surface area contributed by atoms with Gasteiger partial charge in [0.1, 0.15) is 0 Å². The van der Waals surface area contributed by atoms with E-state index >= 15 is 0 Å². The van der Waals surface area contributed by atoms with Crippen molar-refractivity contribution in [2.45, 2.75) is 71.9 Å². The van der Waals surface area contributed by atoms with Crippen LogP contribution < -0.4 is 10.6 Å². The summed E-state index contributed by atoms with van der Waals surface area (Å²) in [4.78, 5) is 23.1. The van der Waals surface area contributed by atoms with Crippen molar-refractivity contribution < 1.29 is 14.7 Å². The van der Waals surface area contributed by atoms with Crippen LogP contribution in [0.15, 0.2) is 0 Å². The van der Waals surface area contributed by atoms with Crippen molar-refractivity contribution in [2.24, 2.45) is 11.3 Å². The van der Waals surface area contributed by atoms with Gasteiger partial charge in [-0.2, -0.15) is 0 Å². The number of urea groups is 1. The van der Waals surface area contributed by atoms with Crippen LogP contribution in [0.1, 0.15) is 60.3 Å². The molecule has 2 amide bonds. The molecule has 0 aromatic heterocycles. The molecule has 1 rings (SSSR count). The molecule has 0 aromatic carbocycles. The monoisotopic (exact) mass is 284 g/mol. The molecule has 1 aliphatic carbocycles. The van der Waals surface area contributed by atoms with E-state index in [0.717, 1.165) is 19.3 Å². The van der Waals surface area contributed by atoms with E-state index in [1.54, 1.807) is 0 Å². The predicted molar refractivity (Wildman–Crippen MR) is 78.6 cm³/mol. The molecule has 3 N–H and O–H groups in total. The Bertz CT molecular complexity index is 372. The summed E-state index contributed by atoms with van der Waals surface area (Å²) < 4.78 is 0. The molecule has 5 heteroatoms. The van der Waals surface area contributed by atoms with Crippen LogP contribution in [0.4, 0.5) is 4.79 Å². The van der Waals surface area contributed by atoms with Crippen molar-refractivity contribution >= 4 is 12.0 Å². The quantitative estimate of drug-likeness (QED) is 0.742. The lowest BCUT2D eigenvalue weighted by Crippen LogP contribution is -2.53. The summed E-state index contributed by atoms with van der Waals surface area (Å²) in [5, 5.41) is 14.9. The summed E-state index contributed by atoms with van der Waals surface area (Å²) in [5.41, 5.74) is -0.201. The van der Waals surface area contributed by atoms with E-state index in [0.29, 0.717) is 6.42 Å². The van der Waals surface area contributed by atoms with E-state index in [4.69, 9.17) is 5.11 Å². The molecule has 0 aliphatic heterocycles. The Labute approximate surface area is 121 Å². The lowest BCUT2D eigenvalue weighted by Gasteiger charge is -2.34. The van der Waals surface area contributed by atoms with Gasteiger partial charge in [-0.25, -0.2) is 4.79 Å². The molecule has 5 nitrogen and oxygen atoms in total. The van der Waals surface area contributed by atoms with E-state index in [-0.39, 0.29) is 23.0 Å². The third-order valence-electron chi connectivity index (χ3n) is 3.57. The van der Waals surface area contributed by atoms with Crippen LogP contribution in [0, 0.1) is 11.3 Å². The Kier molecular flexibility index (Phi) is 5.05. The molecule has 0 aromatic rings. The number of rotatable bonds is 4. The molecule has 0 heterocycles. The van der Waals surface area contributed by atoms with Crippen LogP contribution in [0.25, 0.3) is 0 Å². The molecule has 2 atom stereocenters. The van der Waals surface area contributed by atoms with Crippen molar-refractivity contribution in [1.82, 2.24) is 10.6 Å². The molecule has 1 saturated carbocycles. The normalized spacial score (nSPS) is 23.4. The van der Waals surface area contributed by atoms with Gasteiger partial charge in [-0.1, -0.05) is 27.2 Å². The summed E-state index contributed by atoms with van der Waals surface area (Å²) in [7, 11) is 0. The van der Waals surface area contributed by atoms with Gasteiger partial charge in [-0.15, -0.1) is 0 Å². The highest BCUT2D eigenvalue weighted by molar-refractivity contribution is 5.77. The van der Waals surface area contributed by atoms with Crippen molar-refractivity contribution in [3.63, 3.8) is 0 Å². The fourth-order valence-corrected chi connectivity index (χ4v) is 3.31. The maximum absolute atomic E-state index is 12.1. The molecular formula is C15H28N2O3. The smallest absolute Gasteiger partial charge is 0.315 e. The zero-order chi connectivity index (χ0) is 15.6. The molecule has 0 radical (unpaired) electrons. The molecule has 0 bridgehead atoms. The van der Waals surface area contributed by atoms with Gasteiger partial charge in [0, 0.05) is 11.6 Å². The first-order valence-electron chi connectivity index (χ1n) is 7.32. The second-order valence-corrected chi connectivity index (χ2v) is 7.70. The van der Waals surface area contributed by atoms with Gasteiger partial charge < -0.3 is 15.7 Å². The number of hydrogen-bond donors (Lipinski definition) is 3. The summed E-state index contributed by atoms with van der Waals surface area (Å²) in [6, 6.07) is -0.518. The van der Waals surface area contributed by atoms with Gasteiger partial charge in [-0.3, -0.25) is 4.79 Å². The molecule has 0 saturated heterocycles. The Morgan fingerprint density at radius 1 is 1.15 bits per heavy atom. The first kappa shape index (κ1) is 16.8. The number of hydrogen-bond acceptors (Lipinski definition) is 2. The van der Waals surface area contributed by atoms with Crippen molar-refractivity contribution in [1.29, 1.82) is 0 Å². The summed E-state index contributed by atoms with van der Waals surface area (Å²) in [5.74, 6) is -1.27. The van der Waals surface area contributed by atoms with Gasteiger partial charge in [0.15, 0.2) is 0 Å². The average molecular weight is 284 g/mol. The maximum atomic E-state index is 12.1. The third kappa shape index (κ3) is 5.39. The van der Waals surface area contributed by atoms with Crippen LogP contribution in [-0.2, 0) is 4.79 Å². The largest absolute Gasteiger partial charge is 0.481 e. The molecule has 2 unspecified atom stereocenters. The third-order valence-corrected chi connectivity index (χ3v) is 3.57. The number of carboxylic acid groups (broad SMARTS) is 1. The zero-order valence-corrected chi connectivity index (χ0v) is 13.2. The molecule has 0 spiro atoms. The molecule has 1 fully saturated rings. The first-order valence-corrected chi connectivity index (χ1v) is 7.32. The highest BCUT2D eigenvalue weighted by Crippen LogP contribution is 2.28. The minimum Gasteiger partial charge on any atom is -0.481 e. The van der Waals surface area contributed by atoms with Crippen LogP contribution in [0.3, 0.4) is 0 Å².